The van der Waals surface area contributed by atoms with Gasteiger partial charge in [-0.25, -0.2) is 39.9 Å². The van der Waals surface area contributed by atoms with Crippen molar-refractivity contribution >= 4 is 64.9 Å². The summed E-state index contributed by atoms with van der Waals surface area (Å²) in [5.74, 6) is 3.87. The number of pyridine rings is 2. The molecule has 0 fully saturated rings. The first kappa shape index (κ1) is 66.1. The molecule has 0 N–H and O–H groups in total. The highest BCUT2D eigenvalue weighted by molar-refractivity contribution is 6.18. The fraction of sp³-hybridized carbons (Fsp3) is 0.0196. The summed E-state index contributed by atoms with van der Waals surface area (Å²) in [7, 11) is 0. The van der Waals surface area contributed by atoms with Gasteiger partial charge >= 0.3 is 0 Å². The predicted molar refractivity (Wildman–Crippen MR) is 455 cm³/mol. The number of benzene rings is 16. The van der Waals surface area contributed by atoms with Crippen LogP contribution in [0.25, 0.3) is 200 Å². The third-order valence-corrected chi connectivity index (χ3v) is 20.8. The highest BCUT2D eigenvalue weighted by Crippen LogP contribution is 2.43. The molecular formula is C102H68N8. The van der Waals surface area contributed by atoms with Crippen LogP contribution in [0.3, 0.4) is 0 Å². The van der Waals surface area contributed by atoms with Gasteiger partial charge in [0.05, 0.1) is 22.4 Å². The molecule has 0 atom stereocenters. The maximum Gasteiger partial charge on any atom is 0.164 e. The Bertz CT molecular complexity index is 6720. The van der Waals surface area contributed by atoms with Gasteiger partial charge in [-0.1, -0.05) is 351 Å². The standard InChI is InChI=1S/C54H34N4.C48H34N4/c1-2-14-39(15-3-1)51-48-22-11-21-46(50(48)47-20-8-9-23-49(47)55-51)38-28-24-37(25-29-38)42-18-10-19-43(32-42)52-56-53(44-30-26-35-12-4-6-16-40(35)33-44)58-54(57-52)45-31-27-36-13-5-7-17-41(36)34-45;1-31-18-22-36(23-19-31)46-50-47(37-24-20-32(2)21-25-37)52-48(51-46)39-13-8-12-38(30-39)33-26-28-34(29-27-33)40-15-9-16-42-44(40)41-14-6-7-17-43(41)49-45(42)35-10-4-3-5-11-35/h1-34H;3-30H,1-2H3. The number of rotatable bonds is 12. The fourth-order valence-corrected chi connectivity index (χ4v) is 15.1. The summed E-state index contributed by atoms with van der Waals surface area (Å²) in [6.45, 7) is 4.17. The summed E-state index contributed by atoms with van der Waals surface area (Å²) in [6.07, 6.45) is 0. The Hall–Kier alpha value is -14.6. The fourth-order valence-electron chi connectivity index (χ4n) is 15.1. The van der Waals surface area contributed by atoms with Gasteiger partial charge in [-0.3, -0.25) is 0 Å². The zero-order valence-corrected chi connectivity index (χ0v) is 60.4. The predicted octanol–water partition coefficient (Wildman–Crippen LogP) is 26.1. The van der Waals surface area contributed by atoms with Crippen LogP contribution in [0.1, 0.15) is 11.1 Å². The molecule has 20 rings (SSSR count). The second kappa shape index (κ2) is 28.7. The van der Waals surface area contributed by atoms with E-state index in [1.165, 1.54) is 43.8 Å². The molecular weight excluding hydrogens is 1340 g/mol. The largest absolute Gasteiger partial charge is 0.247 e. The molecule has 0 bridgehead atoms. The number of hydrogen-bond acceptors (Lipinski definition) is 8. The Morgan fingerprint density at radius 2 is 0.445 bits per heavy atom. The van der Waals surface area contributed by atoms with Gasteiger partial charge in [0.15, 0.2) is 34.9 Å². The summed E-state index contributed by atoms with van der Waals surface area (Å²) in [5, 5.41) is 11.6. The zero-order chi connectivity index (χ0) is 73.4. The van der Waals surface area contributed by atoms with E-state index in [0.717, 1.165) is 133 Å². The van der Waals surface area contributed by atoms with Gasteiger partial charge in [0.1, 0.15) is 0 Å². The van der Waals surface area contributed by atoms with Crippen molar-refractivity contribution in [2.24, 2.45) is 0 Å². The number of aryl methyl sites for hydroxylation is 2. The second-order valence-corrected chi connectivity index (χ2v) is 27.9. The topological polar surface area (TPSA) is 103 Å². The van der Waals surface area contributed by atoms with Gasteiger partial charge in [0, 0.05) is 76.8 Å². The van der Waals surface area contributed by atoms with Crippen LogP contribution < -0.4 is 0 Å². The average Bonchev–Trinajstić information content (AvgIpc) is 0.728. The lowest BCUT2D eigenvalue weighted by atomic mass is 9.92. The molecule has 4 aromatic heterocycles. The molecule has 0 aliphatic rings. The van der Waals surface area contributed by atoms with E-state index in [4.69, 9.17) is 39.9 Å². The van der Waals surface area contributed by atoms with Crippen molar-refractivity contribution in [2.45, 2.75) is 13.8 Å². The van der Waals surface area contributed by atoms with Crippen molar-refractivity contribution in [3.63, 3.8) is 0 Å². The molecule has 0 spiro atoms. The smallest absolute Gasteiger partial charge is 0.164 e. The lowest BCUT2D eigenvalue weighted by Gasteiger charge is -2.14. The van der Waals surface area contributed by atoms with Crippen molar-refractivity contribution in [3.8, 4) is 135 Å². The van der Waals surface area contributed by atoms with Crippen molar-refractivity contribution in [2.75, 3.05) is 0 Å². The minimum absolute atomic E-state index is 0.630. The highest BCUT2D eigenvalue weighted by Gasteiger charge is 2.20. The Kier molecular flexibility index (Phi) is 17.2. The van der Waals surface area contributed by atoms with Crippen LogP contribution in [0, 0.1) is 13.8 Å². The molecule has 0 saturated heterocycles. The van der Waals surface area contributed by atoms with E-state index in [9.17, 15) is 0 Å². The number of fused-ring (bicyclic) bond motifs is 8. The Morgan fingerprint density at radius 3 is 0.845 bits per heavy atom. The lowest BCUT2D eigenvalue weighted by Crippen LogP contribution is -2.00. The van der Waals surface area contributed by atoms with E-state index < -0.39 is 0 Å². The number of hydrogen-bond donors (Lipinski definition) is 0. The van der Waals surface area contributed by atoms with E-state index in [2.05, 4.69) is 378 Å². The van der Waals surface area contributed by atoms with Gasteiger partial charge < -0.3 is 0 Å². The highest BCUT2D eigenvalue weighted by atomic mass is 15.0. The minimum atomic E-state index is 0.630. The minimum Gasteiger partial charge on any atom is -0.247 e. The molecule has 20 aromatic rings. The number of nitrogens with zero attached hydrogens (tertiary/aromatic N) is 8. The molecule has 4 heterocycles. The Morgan fingerprint density at radius 1 is 0.164 bits per heavy atom. The van der Waals surface area contributed by atoms with Crippen LogP contribution >= 0.6 is 0 Å². The number of para-hydroxylation sites is 2. The van der Waals surface area contributed by atoms with Gasteiger partial charge in [-0.2, -0.15) is 0 Å². The molecule has 0 aliphatic heterocycles. The maximum atomic E-state index is 5.15. The van der Waals surface area contributed by atoms with Crippen LogP contribution in [0.5, 0.6) is 0 Å². The molecule has 8 heteroatoms. The van der Waals surface area contributed by atoms with Gasteiger partial charge in [0.2, 0.25) is 0 Å². The van der Waals surface area contributed by atoms with Crippen molar-refractivity contribution in [1.29, 1.82) is 0 Å². The molecule has 110 heavy (non-hydrogen) atoms. The molecule has 516 valence electrons. The van der Waals surface area contributed by atoms with Crippen LogP contribution in [0.4, 0.5) is 0 Å². The third-order valence-electron chi connectivity index (χ3n) is 20.8. The first-order valence-corrected chi connectivity index (χ1v) is 37.1. The van der Waals surface area contributed by atoms with Gasteiger partial charge in [0.25, 0.3) is 0 Å². The molecule has 0 radical (unpaired) electrons. The Balaban J connectivity index is 0.000000150. The Labute approximate surface area is 637 Å². The molecule has 0 amide bonds. The molecule has 0 saturated carbocycles. The first-order valence-electron chi connectivity index (χ1n) is 37.1. The molecule has 0 unspecified atom stereocenters. The summed E-state index contributed by atoms with van der Waals surface area (Å²) < 4.78 is 0. The summed E-state index contributed by atoms with van der Waals surface area (Å²) >= 11 is 0. The summed E-state index contributed by atoms with van der Waals surface area (Å²) in [5.41, 5.74) is 23.3. The van der Waals surface area contributed by atoms with E-state index in [-0.39, 0.29) is 0 Å². The SMILES string of the molecule is Cc1ccc(-c2nc(-c3ccc(C)cc3)nc(-c3cccc(-c4ccc(-c5cccc6c(-c7ccccc7)nc7ccccc7c56)cc4)c3)n2)cc1.c1ccc(-c2nc3ccccc3c3c(-c4ccc(-c5cccc(-c6nc(-c7ccc8ccccc8c7)nc(-c7ccc8ccccc8c7)n6)c5)cc4)cccc23)cc1. The van der Waals surface area contributed by atoms with Crippen LogP contribution in [0.2, 0.25) is 0 Å². The quantitative estimate of drug-likeness (QED) is 0.111. The van der Waals surface area contributed by atoms with Crippen LogP contribution in [0.15, 0.2) is 376 Å². The van der Waals surface area contributed by atoms with Crippen LogP contribution in [-0.2, 0) is 0 Å². The van der Waals surface area contributed by atoms with E-state index in [0.29, 0.717) is 34.9 Å². The first-order chi connectivity index (χ1) is 54.3. The normalized spacial score (nSPS) is 11.4. The molecule has 8 nitrogen and oxygen atoms in total. The molecule has 16 aromatic carbocycles. The molecule has 0 aliphatic carbocycles. The maximum absolute atomic E-state index is 5.15. The van der Waals surface area contributed by atoms with E-state index >= 15 is 0 Å². The number of aromatic nitrogens is 8. The summed E-state index contributed by atoms with van der Waals surface area (Å²) in [6, 6.07) is 132. The van der Waals surface area contributed by atoms with Crippen LogP contribution in [-0.4, -0.2) is 39.9 Å². The van der Waals surface area contributed by atoms with E-state index in [1.807, 2.05) is 12.1 Å². The van der Waals surface area contributed by atoms with Crippen molar-refractivity contribution < 1.29 is 0 Å². The van der Waals surface area contributed by atoms with Crippen molar-refractivity contribution in [3.05, 3.63) is 387 Å². The van der Waals surface area contributed by atoms with Crippen molar-refractivity contribution in [1.82, 2.24) is 39.9 Å². The average molecular weight is 1410 g/mol. The van der Waals surface area contributed by atoms with Gasteiger partial charge in [-0.05, 0) is 116 Å². The summed E-state index contributed by atoms with van der Waals surface area (Å²) in [4.78, 5) is 40.5. The second-order valence-electron chi connectivity index (χ2n) is 27.9. The third kappa shape index (κ3) is 13.0. The monoisotopic (exact) mass is 1400 g/mol. The van der Waals surface area contributed by atoms with Gasteiger partial charge in [-0.15, -0.1) is 0 Å². The lowest BCUT2D eigenvalue weighted by molar-refractivity contribution is 1.07. The zero-order valence-electron chi connectivity index (χ0n) is 60.4. The van der Waals surface area contributed by atoms with E-state index in [1.54, 1.807) is 0 Å².